The normalized spacial score (nSPS) is 10.7. The Morgan fingerprint density at radius 2 is 0.846 bits per heavy atom. The lowest BCUT2D eigenvalue weighted by atomic mass is 9.92. The van der Waals surface area contributed by atoms with E-state index in [2.05, 4.69) is 9.97 Å². The van der Waals surface area contributed by atoms with E-state index in [-0.39, 0.29) is 11.6 Å². The Hall–Kier alpha value is -3.40. The molecule has 4 rings (SSSR count). The maximum atomic E-state index is 13.2. The van der Waals surface area contributed by atoms with Gasteiger partial charge in [0.2, 0.25) is 0 Å². The van der Waals surface area contributed by atoms with E-state index in [9.17, 15) is 8.78 Å². The number of halogens is 2. The van der Waals surface area contributed by atoms with Crippen molar-refractivity contribution in [2.45, 2.75) is 0 Å². The van der Waals surface area contributed by atoms with Gasteiger partial charge in [-0.2, -0.15) is 0 Å². The van der Waals surface area contributed by atoms with Gasteiger partial charge in [0.15, 0.2) is 0 Å². The summed E-state index contributed by atoms with van der Waals surface area (Å²) in [6, 6.07) is 21.7. The summed E-state index contributed by atoms with van der Waals surface area (Å²) in [4.78, 5) is 8.42. The van der Waals surface area contributed by atoms with Crippen LogP contribution in [0, 0.1) is 11.6 Å². The molecule has 0 saturated heterocycles. The monoisotopic (exact) mass is 344 g/mol. The fraction of sp³-hybridized carbons (Fsp3) is 0. The van der Waals surface area contributed by atoms with Gasteiger partial charge in [-0.1, -0.05) is 48.5 Å². The molecule has 0 aliphatic heterocycles. The lowest BCUT2D eigenvalue weighted by Gasteiger charge is -2.13. The second-order valence-corrected chi connectivity index (χ2v) is 5.81. The highest BCUT2D eigenvalue weighted by Gasteiger charge is 2.13. The number of aromatic nitrogens is 2. The smallest absolute Gasteiger partial charge is 0.141 e. The zero-order valence-electron chi connectivity index (χ0n) is 13.7. The van der Waals surface area contributed by atoms with Gasteiger partial charge < -0.3 is 0 Å². The van der Waals surface area contributed by atoms with Gasteiger partial charge in [0.1, 0.15) is 11.6 Å². The molecule has 0 aliphatic rings. The Labute approximate surface area is 149 Å². The molecule has 0 amide bonds. The van der Waals surface area contributed by atoms with Crippen molar-refractivity contribution in [3.63, 3.8) is 0 Å². The van der Waals surface area contributed by atoms with Crippen molar-refractivity contribution in [2.24, 2.45) is 0 Å². The van der Waals surface area contributed by atoms with Crippen molar-refractivity contribution < 1.29 is 8.78 Å². The molecule has 0 atom stereocenters. The topological polar surface area (TPSA) is 25.8 Å². The van der Waals surface area contributed by atoms with Crippen LogP contribution in [0.25, 0.3) is 33.6 Å². The van der Waals surface area contributed by atoms with Gasteiger partial charge in [0, 0.05) is 11.1 Å². The second-order valence-electron chi connectivity index (χ2n) is 5.81. The Morgan fingerprint density at radius 1 is 0.462 bits per heavy atom. The number of nitrogens with zero attached hydrogens (tertiary/aromatic N) is 2. The van der Waals surface area contributed by atoms with E-state index < -0.39 is 0 Å². The first kappa shape index (κ1) is 16.1. The van der Waals surface area contributed by atoms with Gasteiger partial charge in [-0.05, 0) is 35.4 Å². The second kappa shape index (κ2) is 6.84. The molecule has 0 bridgehead atoms. The number of pyridine rings is 2. The Bertz CT molecular complexity index is 955. The lowest BCUT2D eigenvalue weighted by Crippen LogP contribution is -1.92. The summed E-state index contributed by atoms with van der Waals surface area (Å²) in [6.07, 6.45) is 2.42. The number of benzene rings is 2. The van der Waals surface area contributed by atoms with E-state index in [0.717, 1.165) is 22.3 Å². The average Bonchev–Trinajstić information content (AvgIpc) is 2.69. The molecule has 0 aliphatic carbocycles. The molecule has 0 saturated carbocycles. The van der Waals surface area contributed by atoms with E-state index in [0.29, 0.717) is 11.4 Å². The summed E-state index contributed by atoms with van der Waals surface area (Å²) in [7, 11) is 0. The van der Waals surface area contributed by atoms with Gasteiger partial charge in [0.05, 0.1) is 23.8 Å². The van der Waals surface area contributed by atoms with E-state index in [1.807, 2.05) is 48.5 Å². The van der Waals surface area contributed by atoms with E-state index in [4.69, 9.17) is 0 Å². The third-order valence-electron chi connectivity index (χ3n) is 4.15. The summed E-state index contributed by atoms with van der Waals surface area (Å²) in [6.45, 7) is 0. The molecule has 126 valence electrons. The predicted octanol–water partition coefficient (Wildman–Crippen LogP) is 5.76. The lowest BCUT2D eigenvalue weighted by molar-refractivity contribution is 0.621. The molecule has 2 aromatic carbocycles. The zero-order chi connectivity index (χ0) is 17.9. The molecule has 2 heterocycles. The SMILES string of the molecule is Fc1ccc(-c2ccccc2-c2ccccc2-c2ccc(F)cn2)nc1. The summed E-state index contributed by atoms with van der Waals surface area (Å²) >= 11 is 0. The fourth-order valence-corrected chi connectivity index (χ4v) is 2.95. The van der Waals surface area contributed by atoms with Crippen LogP contribution < -0.4 is 0 Å². The first-order valence-electron chi connectivity index (χ1n) is 8.14. The fourth-order valence-electron chi connectivity index (χ4n) is 2.95. The van der Waals surface area contributed by atoms with Crippen molar-refractivity contribution in [1.82, 2.24) is 9.97 Å². The average molecular weight is 344 g/mol. The Morgan fingerprint density at radius 3 is 1.19 bits per heavy atom. The quantitative estimate of drug-likeness (QED) is 0.472. The van der Waals surface area contributed by atoms with Crippen LogP contribution in [-0.2, 0) is 0 Å². The maximum absolute atomic E-state index is 13.2. The predicted molar refractivity (Wildman–Crippen MR) is 98.3 cm³/mol. The van der Waals surface area contributed by atoms with E-state index >= 15 is 0 Å². The van der Waals surface area contributed by atoms with Gasteiger partial charge in [-0.3, -0.25) is 9.97 Å². The molecular formula is C22H14F2N2. The molecule has 0 radical (unpaired) electrons. The number of rotatable bonds is 3. The molecule has 2 nitrogen and oxygen atoms in total. The van der Waals surface area contributed by atoms with Crippen LogP contribution in [0.3, 0.4) is 0 Å². The minimum absolute atomic E-state index is 0.373. The third-order valence-corrected chi connectivity index (χ3v) is 4.15. The van der Waals surface area contributed by atoms with Crippen LogP contribution in [0.4, 0.5) is 8.78 Å². The van der Waals surface area contributed by atoms with Crippen LogP contribution in [0.5, 0.6) is 0 Å². The highest BCUT2D eigenvalue weighted by Crippen LogP contribution is 2.36. The van der Waals surface area contributed by atoms with Crippen molar-refractivity contribution in [1.29, 1.82) is 0 Å². The molecule has 4 aromatic rings. The van der Waals surface area contributed by atoms with Crippen molar-refractivity contribution >= 4 is 0 Å². The molecule has 0 fully saturated rings. The summed E-state index contributed by atoms with van der Waals surface area (Å²) in [5.74, 6) is -0.746. The van der Waals surface area contributed by atoms with E-state index in [1.54, 1.807) is 12.1 Å². The van der Waals surface area contributed by atoms with Crippen LogP contribution in [0.15, 0.2) is 85.2 Å². The third kappa shape index (κ3) is 3.09. The van der Waals surface area contributed by atoms with Crippen LogP contribution in [0.2, 0.25) is 0 Å². The van der Waals surface area contributed by atoms with Crippen LogP contribution in [0.1, 0.15) is 0 Å². The Kier molecular flexibility index (Phi) is 4.23. The van der Waals surface area contributed by atoms with Crippen molar-refractivity contribution in [3.05, 3.63) is 96.8 Å². The van der Waals surface area contributed by atoms with E-state index in [1.165, 1.54) is 24.5 Å². The zero-order valence-corrected chi connectivity index (χ0v) is 13.7. The highest BCUT2D eigenvalue weighted by atomic mass is 19.1. The van der Waals surface area contributed by atoms with Crippen molar-refractivity contribution in [3.8, 4) is 33.6 Å². The van der Waals surface area contributed by atoms with Gasteiger partial charge >= 0.3 is 0 Å². The Balaban J connectivity index is 1.90. The standard InChI is InChI=1S/C22H14F2N2/c23-15-9-11-21(25-13-15)19-7-3-1-5-17(19)18-6-2-4-8-20(18)22-12-10-16(24)14-26-22/h1-14H. The van der Waals surface area contributed by atoms with Gasteiger partial charge in [0.25, 0.3) is 0 Å². The molecular weight excluding hydrogens is 330 g/mol. The minimum atomic E-state index is -0.373. The molecule has 0 N–H and O–H groups in total. The maximum Gasteiger partial charge on any atom is 0.141 e. The number of hydrogen-bond acceptors (Lipinski definition) is 2. The minimum Gasteiger partial charge on any atom is -0.253 e. The van der Waals surface area contributed by atoms with Crippen molar-refractivity contribution in [2.75, 3.05) is 0 Å². The number of hydrogen-bond donors (Lipinski definition) is 0. The van der Waals surface area contributed by atoms with Gasteiger partial charge in [-0.25, -0.2) is 8.78 Å². The molecule has 26 heavy (non-hydrogen) atoms. The molecule has 2 aromatic heterocycles. The van der Waals surface area contributed by atoms with Gasteiger partial charge in [-0.15, -0.1) is 0 Å². The summed E-state index contributed by atoms with van der Waals surface area (Å²) < 4.78 is 26.5. The first-order chi connectivity index (χ1) is 12.7. The van der Waals surface area contributed by atoms with Crippen LogP contribution in [-0.4, -0.2) is 9.97 Å². The summed E-state index contributed by atoms with van der Waals surface area (Å²) in [5.41, 5.74) is 5.05. The highest BCUT2D eigenvalue weighted by molar-refractivity contribution is 5.89. The summed E-state index contributed by atoms with van der Waals surface area (Å²) in [5, 5.41) is 0. The molecule has 0 unspecified atom stereocenters. The van der Waals surface area contributed by atoms with Crippen LogP contribution >= 0.6 is 0 Å². The molecule has 4 heteroatoms. The largest absolute Gasteiger partial charge is 0.253 e. The molecule has 0 spiro atoms. The first-order valence-corrected chi connectivity index (χ1v) is 8.14.